The number of hydrogen-bond acceptors (Lipinski definition) is 2. The number of rotatable bonds is 2. The van der Waals surface area contributed by atoms with Gasteiger partial charge in [0.15, 0.2) is 0 Å². The fourth-order valence-electron chi connectivity index (χ4n) is 1.92. The van der Waals surface area contributed by atoms with Gasteiger partial charge in [0.05, 0.1) is 11.2 Å². The highest BCUT2D eigenvalue weighted by Gasteiger charge is 2.49. The van der Waals surface area contributed by atoms with Crippen molar-refractivity contribution in [2.75, 3.05) is 0 Å². The molecule has 0 aliphatic carbocycles. The maximum absolute atomic E-state index is 5.93. The van der Waals surface area contributed by atoms with Crippen LogP contribution < -0.4 is 0 Å². The lowest BCUT2D eigenvalue weighted by Crippen LogP contribution is -2.41. The van der Waals surface area contributed by atoms with E-state index >= 15 is 0 Å². The minimum Gasteiger partial charge on any atom is -0.400 e. The third-order valence-corrected chi connectivity index (χ3v) is 4.55. The van der Waals surface area contributed by atoms with Crippen LogP contribution in [-0.4, -0.2) is 18.3 Å². The molecule has 1 heterocycles. The first-order valence-corrected chi connectivity index (χ1v) is 7.31. The molecule has 0 radical (unpaired) electrons. The summed E-state index contributed by atoms with van der Waals surface area (Å²) in [6.07, 6.45) is 2.03. The van der Waals surface area contributed by atoms with Crippen LogP contribution >= 0.6 is 15.9 Å². The van der Waals surface area contributed by atoms with Crippen LogP contribution in [0.4, 0.5) is 0 Å². The molecule has 2 nitrogen and oxygen atoms in total. The summed E-state index contributed by atoms with van der Waals surface area (Å²) in [7, 11) is -0.293. The Morgan fingerprint density at radius 3 is 2.21 bits per heavy atom. The van der Waals surface area contributed by atoms with Crippen LogP contribution in [0, 0.1) is 6.92 Å². The van der Waals surface area contributed by atoms with Crippen molar-refractivity contribution >= 4 is 29.1 Å². The number of halogens is 1. The van der Waals surface area contributed by atoms with Gasteiger partial charge in [0, 0.05) is 4.47 Å². The van der Waals surface area contributed by atoms with Crippen molar-refractivity contribution in [2.24, 2.45) is 0 Å². The molecule has 0 saturated carbocycles. The summed E-state index contributed by atoms with van der Waals surface area (Å²) in [5.74, 6) is 1.96. The zero-order valence-corrected chi connectivity index (χ0v) is 13.7. The van der Waals surface area contributed by atoms with Crippen molar-refractivity contribution in [1.29, 1.82) is 0 Å². The highest BCUT2D eigenvalue weighted by atomic mass is 79.9. The molecule has 1 fully saturated rings. The summed E-state index contributed by atoms with van der Waals surface area (Å²) in [6, 6.07) is 6.28. The Hall–Kier alpha value is -0.575. The Balaban J connectivity index is 2.13. The van der Waals surface area contributed by atoms with Gasteiger partial charge in [-0.1, -0.05) is 40.1 Å². The topological polar surface area (TPSA) is 18.5 Å². The van der Waals surface area contributed by atoms with Crippen LogP contribution in [0.5, 0.6) is 0 Å². The van der Waals surface area contributed by atoms with Crippen LogP contribution in [0.1, 0.15) is 38.8 Å². The van der Waals surface area contributed by atoms with Gasteiger partial charge in [0.25, 0.3) is 0 Å². The van der Waals surface area contributed by atoms with Gasteiger partial charge in [0.2, 0.25) is 0 Å². The van der Waals surface area contributed by atoms with Crippen molar-refractivity contribution in [2.45, 2.75) is 45.8 Å². The zero-order valence-electron chi connectivity index (χ0n) is 12.2. The highest BCUT2D eigenvalue weighted by molar-refractivity contribution is 9.10. The average Bonchev–Trinajstić information content (AvgIpc) is 2.46. The Morgan fingerprint density at radius 1 is 1.11 bits per heavy atom. The standard InChI is InChI=1S/C15H20BBrO2/c1-11-6-7-12(13(17)10-11)8-9-16-18-14(2,3)15(4,5)19-16/h6-10H,1-5H3/b9-8+. The van der Waals surface area contributed by atoms with Gasteiger partial charge < -0.3 is 9.31 Å². The van der Waals surface area contributed by atoms with Crippen molar-refractivity contribution in [3.05, 3.63) is 39.8 Å². The van der Waals surface area contributed by atoms with Crippen LogP contribution in [-0.2, 0) is 9.31 Å². The van der Waals surface area contributed by atoms with E-state index in [1.807, 2.05) is 12.1 Å². The molecule has 0 N–H and O–H groups in total. The smallest absolute Gasteiger partial charge is 0.400 e. The molecule has 0 bridgehead atoms. The van der Waals surface area contributed by atoms with Gasteiger partial charge >= 0.3 is 7.12 Å². The van der Waals surface area contributed by atoms with Crippen molar-refractivity contribution < 1.29 is 9.31 Å². The second kappa shape index (κ2) is 5.08. The Kier molecular flexibility index (Phi) is 3.96. The van der Waals surface area contributed by atoms with E-state index in [2.05, 4.69) is 68.7 Å². The largest absolute Gasteiger partial charge is 0.487 e. The SMILES string of the molecule is Cc1ccc(/C=C/B2OC(C)(C)C(C)(C)O2)c(Br)c1. The fraction of sp³-hybridized carbons (Fsp3) is 0.467. The van der Waals surface area contributed by atoms with Crippen LogP contribution in [0.25, 0.3) is 6.08 Å². The van der Waals surface area contributed by atoms with Crippen LogP contribution in [0.3, 0.4) is 0 Å². The van der Waals surface area contributed by atoms with E-state index in [1.165, 1.54) is 5.56 Å². The van der Waals surface area contributed by atoms with E-state index < -0.39 is 0 Å². The quantitative estimate of drug-likeness (QED) is 0.751. The van der Waals surface area contributed by atoms with E-state index in [-0.39, 0.29) is 18.3 Å². The predicted octanol–water partition coefficient (Wildman–Crippen LogP) is 4.40. The lowest BCUT2D eigenvalue weighted by molar-refractivity contribution is 0.00578. The number of aryl methyl sites for hydroxylation is 1. The number of benzene rings is 1. The molecule has 2 rings (SSSR count). The lowest BCUT2D eigenvalue weighted by atomic mass is 9.89. The first-order valence-electron chi connectivity index (χ1n) is 6.51. The lowest BCUT2D eigenvalue weighted by Gasteiger charge is -2.32. The zero-order chi connectivity index (χ0) is 14.3. The van der Waals surface area contributed by atoms with Gasteiger partial charge in [-0.2, -0.15) is 0 Å². The molecule has 0 atom stereocenters. The highest BCUT2D eigenvalue weighted by Crippen LogP contribution is 2.37. The number of hydrogen-bond donors (Lipinski definition) is 0. The molecule has 4 heteroatoms. The maximum Gasteiger partial charge on any atom is 0.487 e. The van der Waals surface area contributed by atoms with Gasteiger partial charge in [-0.25, -0.2) is 0 Å². The second-order valence-corrected chi connectivity index (χ2v) is 6.86. The molecule has 1 aliphatic heterocycles. The van der Waals surface area contributed by atoms with E-state index in [1.54, 1.807) is 0 Å². The monoisotopic (exact) mass is 322 g/mol. The summed E-state index contributed by atoms with van der Waals surface area (Å²) in [6.45, 7) is 10.3. The Labute approximate surface area is 124 Å². The van der Waals surface area contributed by atoms with E-state index in [0.717, 1.165) is 10.0 Å². The molecule has 0 amide bonds. The summed E-state index contributed by atoms with van der Waals surface area (Å²) in [5.41, 5.74) is 1.79. The molecule has 1 aromatic rings. The van der Waals surface area contributed by atoms with E-state index in [4.69, 9.17) is 9.31 Å². The molecule has 0 spiro atoms. The van der Waals surface area contributed by atoms with E-state index in [9.17, 15) is 0 Å². The Bertz CT molecular complexity index is 493. The van der Waals surface area contributed by atoms with Gasteiger partial charge in [0.1, 0.15) is 0 Å². The fourth-order valence-corrected chi connectivity index (χ4v) is 2.54. The van der Waals surface area contributed by atoms with Gasteiger partial charge in [-0.05, 0) is 51.8 Å². The minimum atomic E-state index is -0.293. The molecule has 0 aromatic heterocycles. The molecular weight excluding hydrogens is 303 g/mol. The normalized spacial score (nSPS) is 21.3. The van der Waals surface area contributed by atoms with Crippen molar-refractivity contribution in [3.63, 3.8) is 0 Å². The van der Waals surface area contributed by atoms with Crippen LogP contribution in [0.15, 0.2) is 28.6 Å². The summed E-state index contributed by atoms with van der Waals surface area (Å²) >= 11 is 3.57. The van der Waals surface area contributed by atoms with Gasteiger partial charge in [-0.3, -0.25) is 0 Å². The molecule has 102 valence electrons. The first-order chi connectivity index (χ1) is 8.71. The third-order valence-electron chi connectivity index (χ3n) is 3.86. The van der Waals surface area contributed by atoms with E-state index in [0.29, 0.717) is 0 Å². The van der Waals surface area contributed by atoms with Gasteiger partial charge in [-0.15, -0.1) is 0 Å². The first kappa shape index (κ1) is 14.8. The molecule has 1 saturated heterocycles. The second-order valence-electron chi connectivity index (χ2n) is 6.01. The molecule has 1 aliphatic rings. The van der Waals surface area contributed by atoms with Crippen molar-refractivity contribution in [1.82, 2.24) is 0 Å². The molecule has 0 unspecified atom stereocenters. The minimum absolute atomic E-state index is 0.285. The summed E-state index contributed by atoms with van der Waals surface area (Å²) < 4.78 is 12.9. The summed E-state index contributed by atoms with van der Waals surface area (Å²) in [4.78, 5) is 0. The summed E-state index contributed by atoms with van der Waals surface area (Å²) in [5, 5.41) is 0. The maximum atomic E-state index is 5.93. The molecular formula is C15H20BBrO2. The van der Waals surface area contributed by atoms with Crippen LogP contribution in [0.2, 0.25) is 0 Å². The average molecular weight is 323 g/mol. The molecule has 19 heavy (non-hydrogen) atoms. The third kappa shape index (κ3) is 3.12. The van der Waals surface area contributed by atoms with Crippen molar-refractivity contribution in [3.8, 4) is 0 Å². The molecule has 1 aromatic carbocycles. The Morgan fingerprint density at radius 2 is 1.68 bits per heavy atom. The predicted molar refractivity (Wildman–Crippen MR) is 84.0 cm³/mol.